The second kappa shape index (κ2) is 6.40. The average molecular weight is 222 g/mol. The molecule has 0 radical (unpaired) electrons. The molecule has 1 heterocycles. The Labute approximate surface area is 90.6 Å². The predicted octanol–water partition coefficient (Wildman–Crippen LogP) is 0.226. The summed E-state index contributed by atoms with van der Waals surface area (Å²) in [5.41, 5.74) is 0. The van der Waals surface area contributed by atoms with Crippen molar-refractivity contribution in [1.82, 2.24) is 0 Å². The van der Waals surface area contributed by atoms with Gasteiger partial charge in [-0.15, -0.1) is 0 Å². The molecule has 0 aromatic carbocycles. The van der Waals surface area contributed by atoms with Gasteiger partial charge in [0.2, 0.25) is 0 Å². The quantitative estimate of drug-likeness (QED) is 0.553. The Kier molecular flexibility index (Phi) is 6.31. The average Bonchev–Trinajstić information content (AvgIpc) is 2.07. The van der Waals surface area contributed by atoms with Gasteiger partial charge >= 0.3 is 0 Å². The highest BCUT2D eigenvalue weighted by Crippen LogP contribution is 2.19. The summed E-state index contributed by atoms with van der Waals surface area (Å²) in [7, 11) is 1.62. The lowest BCUT2D eigenvalue weighted by atomic mass is 10.1. The van der Waals surface area contributed by atoms with Gasteiger partial charge in [0.1, 0.15) is 0 Å². The zero-order chi connectivity index (χ0) is 12.1. The summed E-state index contributed by atoms with van der Waals surface area (Å²) < 4.78 is 10.3. The molecule has 0 aliphatic carbocycles. The Morgan fingerprint density at radius 2 is 1.73 bits per heavy atom. The molecule has 0 spiro atoms. The standard InChI is InChI=1S/C7H14O3.C3H8O2/c1-5-6(8)3-4-7(9-2)10-5;1-3(2,4)5/h5-8H,3-4H2,1-2H3;4-5H,1-2H3/t5-,6+,7+;/m0./s1. The maximum Gasteiger partial charge on any atom is 0.157 e. The minimum absolute atomic E-state index is 0.0845. The van der Waals surface area contributed by atoms with Gasteiger partial charge in [-0.2, -0.15) is 0 Å². The molecule has 15 heavy (non-hydrogen) atoms. The minimum atomic E-state index is -1.50. The van der Waals surface area contributed by atoms with Crippen LogP contribution in [-0.4, -0.2) is 46.7 Å². The van der Waals surface area contributed by atoms with Gasteiger partial charge in [0.25, 0.3) is 0 Å². The first-order valence-electron chi connectivity index (χ1n) is 5.05. The van der Waals surface area contributed by atoms with Gasteiger partial charge in [-0.05, 0) is 27.2 Å². The molecular formula is C10H22O5. The molecule has 1 rings (SSSR count). The molecule has 0 amide bonds. The fraction of sp³-hybridized carbons (Fsp3) is 1.00. The number of aliphatic hydroxyl groups excluding tert-OH is 1. The fourth-order valence-electron chi connectivity index (χ4n) is 1.11. The van der Waals surface area contributed by atoms with Gasteiger partial charge in [-0.3, -0.25) is 0 Å². The van der Waals surface area contributed by atoms with Crippen molar-refractivity contribution in [2.24, 2.45) is 0 Å². The van der Waals surface area contributed by atoms with E-state index in [1.165, 1.54) is 13.8 Å². The van der Waals surface area contributed by atoms with Crippen LogP contribution in [0.1, 0.15) is 33.6 Å². The monoisotopic (exact) mass is 222 g/mol. The Hall–Kier alpha value is -0.200. The van der Waals surface area contributed by atoms with Crippen LogP contribution in [0, 0.1) is 0 Å². The zero-order valence-corrected chi connectivity index (χ0v) is 9.80. The van der Waals surface area contributed by atoms with Crippen LogP contribution in [0.4, 0.5) is 0 Å². The molecule has 1 aliphatic heterocycles. The van der Waals surface area contributed by atoms with Gasteiger partial charge in [-0.25, -0.2) is 0 Å². The van der Waals surface area contributed by atoms with E-state index in [4.69, 9.17) is 19.7 Å². The van der Waals surface area contributed by atoms with Gasteiger partial charge in [0, 0.05) is 13.5 Å². The molecule has 5 nitrogen and oxygen atoms in total. The Bertz CT molecular complexity index is 160. The van der Waals surface area contributed by atoms with Crippen molar-refractivity contribution in [2.75, 3.05) is 7.11 Å². The lowest BCUT2D eigenvalue weighted by molar-refractivity contribution is -0.206. The molecule has 5 heteroatoms. The maximum atomic E-state index is 9.21. The van der Waals surface area contributed by atoms with E-state index >= 15 is 0 Å². The zero-order valence-electron chi connectivity index (χ0n) is 9.80. The van der Waals surface area contributed by atoms with E-state index in [9.17, 15) is 5.11 Å². The highest BCUT2D eigenvalue weighted by Gasteiger charge is 2.25. The largest absolute Gasteiger partial charge is 0.390 e. The lowest BCUT2D eigenvalue weighted by Crippen LogP contribution is -2.37. The number of aliphatic hydroxyl groups is 3. The van der Waals surface area contributed by atoms with Gasteiger partial charge in [0.05, 0.1) is 12.2 Å². The van der Waals surface area contributed by atoms with Crippen LogP contribution in [0.25, 0.3) is 0 Å². The second-order valence-electron chi connectivity index (χ2n) is 4.15. The lowest BCUT2D eigenvalue weighted by Gasteiger charge is -2.30. The second-order valence-corrected chi connectivity index (χ2v) is 4.15. The van der Waals surface area contributed by atoms with Crippen LogP contribution in [0.3, 0.4) is 0 Å². The first-order valence-corrected chi connectivity index (χ1v) is 5.05. The summed E-state index contributed by atoms with van der Waals surface area (Å²) in [6.07, 6.45) is 1.06. The Balaban J connectivity index is 0.000000336. The van der Waals surface area contributed by atoms with Crippen LogP contribution in [0.15, 0.2) is 0 Å². The molecule has 1 aliphatic rings. The van der Waals surface area contributed by atoms with Gasteiger partial charge in [0.15, 0.2) is 12.1 Å². The Morgan fingerprint density at radius 3 is 2.07 bits per heavy atom. The van der Waals surface area contributed by atoms with Crippen LogP contribution in [0.5, 0.6) is 0 Å². The summed E-state index contributed by atoms with van der Waals surface area (Å²) in [5, 5.41) is 25.4. The van der Waals surface area contributed by atoms with Crippen LogP contribution in [-0.2, 0) is 9.47 Å². The van der Waals surface area contributed by atoms with Gasteiger partial charge in [-0.1, -0.05) is 0 Å². The first-order chi connectivity index (χ1) is 6.74. The highest BCUT2D eigenvalue weighted by molar-refractivity contribution is 4.70. The predicted molar refractivity (Wildman–Crippen MR) is 55.1 cm³/mol. The summed E-state index contributed by atoms with van der Waals surface area (Å²) in [6.45, 7) is 4.45. The summed E-state index contributed by atoms with van der Waals surface area (Å²) in [6, 6.07) is 0. The van der Waals surface area contributed by atoms with Crippen molar-refractivity contribution >= 4 is 0 Å². The maximum absolute atomic E-state index is 9.21. The number of hydrogen-bond donors (Lipinski definition) is 3. The molecule has 0 aromatic rings. The third-order valence-electron chi connectivity index (χ3n) is 1.87. The van der Waals surface area contributed by atoms with Crippen molar-refractivity contribution < 1.29 is 24.8 Å². The van der Waals surface area contributed by atoms with E-state index in [2.05, 4.69) is 0 Å². The van der Waals surface area contributed by atoms with E-state index in [0.29, 0.717) is 0 Å². The molecule has 0 bridgehead atoms. The number of rotatable bonds is 1. The van der Waals surface area contributed by atoms with E-state index in [-0.39, 0.29) is 18.5 Å². The van der Waals surface area contributed by atoms with Crippen molar-refractivity contribution in [2.45, 2.75) is 57.9 Å². The Morgan fingerprint density at radius 1 is 1.27 bits per heavy atom. The minimum Gasteiger partial charge on any atom is -0.390 e. The third-order valence-corrected chi connectivity index (χ3v) is 1.87. The van der Waals surface area contributed by atoms with Crippen molar-refractivity contribution in [3.8, 4) is 0 Å². The normalized spacial score (nSPS) is 31.8. The summed E-state index contributed by atoms with van der Waals surface area (Å²) in [4.78, 5) is 0. The van der Waals surface area contributed by atoms with E-state index in [0.717, 1.165) is 12.8 Å². The SMILES string of the molecule is CC(C)(O)O.CO[C@H]1CC[C@@H](O)[C@H](C)O1. The van der Waals surface area contributed by atoms with Crippen LogP contribution >= 0.6 is 0 Å². The molecule has 1 fully saturated rings. The molecule has 0 unspecified atom stereocenters. The summed E-state index contributed by atoms with van der Waals surface area (Å²) >= 11 is 0. The third kappa shape index (κ3) is 8.77. The molecule has 3 atom stereocenters. The topological polar surface area (TPSA) is 79.2 Å². The number of methoxy groups -OCH3 is 1. The van der Waals surface area contributed by atoms with E-state index in [1.54, 1.807) is 7.11 Å². The van der Waals surface area contributed by atoms with Crippen LogP contribution < -0.4 is 0 Å². The summed E-state index contributed by atoms with van der Waals surface area (Å²) in [5.74, 6) is -1.50. The highest BCUT2D eigenvalue weighted by atomic mass is 16.7. The van der Waals surface area contributed by atoms with E-state index < -0.39 is 5.79 Å². The molecule has 1 saturated heterocycles. The van der Waals surface area contributed by atoms with Gasteiger partial charge < -0.3 is 24.8 Å². The molecule has 0 aromatic heterocycles. The van der Waals surface area contributed by atoms with Crippen LogP contribution in [0.2, 0.25) is 0 Å². The molecule has 0 saturated carbocycles. The molecule has 3 N–H and O–H groups in total. The van der Waals surface area contributed by atoms with Crippen molar-refractivity contribution in [3.05, 3.63) is 0 Å². The first kappa shape index (κ1) is 14.8. The smallest absolute Gasteiger partial charge is 0.157 e. The van der Waals surface area contributed by atoms with E-state index in [1.807, 2.05) is 6.92 Å². The fourth-order valence-corrected chi connectivity index (χ4v) is 1.11. The number of ether oxygens (including phenoxy) is 2. The number of hydrogen-bond acceptors (Lipinski definition) is 5. The van der Waals surface area contributed by atoms with Crippen molar-refractivity contribution in [3.63, 3.8) is 0 Å². The molecule has 92 valence electrons. The molecular weight excluding hydrogens is 200 g/mol. The van der Waals surface area contributed by atoms with Crippen molar-refractivity contribution in [1.29, 1.82) is 0 Å².